The van der Waals surface area contributed by atoms with E-state index in [1.54, 1.807) is 22.9 Å². The van der Waals surface area contributed by atoms with Crippen LogP contribution in [0.15, 0.2) is 23.7 Å². The molecule has 0 saturated heterocycles. The van der Waals surface area contributed by atoms with Crippen molar-refractivity contribution >= 4 is 27.5 Å². The van der Waals surface area contributed by atoms with Crippen molar-refractivity contribution in [2.24, 2.45) is 0 Å². The molecule has 2 N–H and O–H groups in total. The van der Waals surface area contributed by atoms with Crippen LogP contribution in [0.5, 0.6) is 0 Å². The number of thiazole rings is 1. The number of carbonyl (C=O) groups excluding carboxylic acids is 1. The number of aromatic nitrogens is 1. The molecule has 2 aromatic rings. The lowest BCUT2D eigenvalue weighted by atomic mass is 10.2. The highest BCUT2D eigenvalue weighted by molar-refractivity contribution is 7.16. The molecule has 4 nitrogen and oxygen atoms in total. The largest absolute Gasteiger partial charge is 0.351 e. The molecule has 84 valence electrons. The molecular formula is C11H13N3OS. The Labute approximate surface area is 97.7 Å². The third-order valence-electron chi connectivity index (χ3n) is 2.25. The number of hydrogen-bond acceptors (Lipinski definition) is 4. The summed E-state index contributed by atoms with van der Waals surface area (Å²) in [5.74, 6) is -0.0365. The fourth-order valence-electron chi connectivity index (χ4n) is 1.40. The van der Waals surface area contributed by atoms with E-state index in [0.717, 1.165) is 16.8 Å². The van der Waals surface area contributed by atoms with Gasteiger partial charge in [0.2, 0.25) is 0 Å². The van der Waals surface area contributed by atoms with Gasteiger partial charge in [-0.05, 0) is 25.2 Å². The van der Waals surface area contributed by atoms with Gasteiger partial charge < -0.3 is 10.6 Å². The first-order chi connectivity index (χ1) is 7.81. The van der Waals surface area contributed by atoms with Gasteiger partial charge in [0.15, 0.2) is 0 Å². The van der Waals surface area contributed by atoms with Gasteiger partial charge in [0.05, 0.1) is 15.7 Å². The van der Waals surface area contributed by atoms with Crippen LogP contribution in [0.1, 0.15) is 10.4 Å². The molecule has 0 aliphatic carbocycles. The summed E-state index contributed by atoms with van der Waals surface area (Å²) in [6.07, 6.45) is 0. The van der Waals surface area contributed by atoms with Crippen molar-refractivity contribution in [1.29, 1.82) is 0 Å². The monoisotopic (exact) mass is 235 g/mol. The van der Waals surface area contributed by atoms with E-state index < -0.39 is 0 Å². The average Bonchev–Trinajstić information content (AvgIpc) is 2.76. The maximum atomic E-state index is 11.7. The predicted octanol–water partition coefficient (Wildman–Crippen LogP) is 1.25. The van der Waals surface area contributed by atoms with Crippen molar-refractivity contribution in [3.63, 3.8) is 0 Å². The molecule has 1 amide bonds. The molecular weight excluding hydrogens is 222 g/mol. The van der Waals surface area contributed by atoms with Crippen LogP contribution in [0.2, 0.25) is 0 Å². The van der Waals surface area contributed by atoms with E-state index in [-0.39, 0.29) is 5.91 Å². The minimum atomic E-state index is -0.0365. The summed E-state index contributed by atoms with van der Waals surface area (Å²) in [6, 6.07) is 5.55. The molecule has 2 rings (SSSR count). The minimum Gasteiger partial charge on any atom is -0.351 e. The number of fused-ring (bicyclic) bond motifs is 1. The molecule has 5 heteroatoms. The highest BCUT2D eigenvalue weighted by Gasteiger charge is 2.06. The quantitative estimate of drug-likeness (QED) is 0.784. The zero-order valence-corrected chi connectivity index (χ0v) is 9.80. The van der Waals surface area contributed by atoms with Crippen LogP contribution >= 0.6 is 11.3 Å². The second kappa shape index (κ2) is 5.05. The van der Waals surface area contributed by atoms with E-state index in [9.17, 15) is 4.79 Å². The first-order valence-corrected chi connectivity index (χ1v) is 5.95. The summed E-state index contributed by atoms with van der Waals surface area (Å²) in [4.78, 5) is 15.9. The van der Waals surface area contributed by atoms with Crippen LogP contribution in [-0.2, 0) is 0 Å². The SMILES string of the molecule is CNCCNC(=O)c1ccc2ncsc2c1. The molecule has 0 radical (unpaired) electrons. The van der Waals surface area contributed by atoms with Crippen LogP contribution < -0.4 is 10.6 Å². The Kier molecular flexibility index (Phi) is 3.48. The molecule has 0 bridgehead atoms. The summed E-state index contributed by atoms with van der Waals surface area (Å²) in [7, 11) is 1.86. The summed E-state index contributed by atoms with van der Waals surface area (Å²) >= 11 is 1.54. The Morgan fingerprint density at radius 3 is 3.12 bits per heavy atom. The van der Waals surface area contributed by atoms with E-state index in [2.05, 4.69) is 15.6 Å². The molecule has 0 spiro atoms. The smallest absolute Gasteiger partial charge is 0.251 e. The summed E-state index contributed by atoms with van der Waals surface area (Å²) in [6.45, 7) is 1.41. The van der Waals surface area contributed by atoms with Crippen LogP contribution in [0.4, 0.5) is 0 Å². The van der Waals surface area contributed by atoms with Crippen molar-refractivity contribution in [2.75, 3.05) is 20.1 Å². The molecule has 0 aliphatic rings. The van der Waals surface area contributed by atoms with Gasteiger partial charge in [-0.3, -0.25) is 4.79 Å². The Hall–Kier alpha value is -1.46. The zero-order chi connectivity index (χ0) is 11.4. The van der Waals surface area contributed by atoms with E-state index in [4.69, 9.17) is 0 Å². The highest BCUT2D eigenvalue weighted by atomic mass is 32.1. The second-order valence-electron chi connectivity index (χ2n) is 3.39. The van der Waals surface area contributed by atoms with Gasteiger partial charge in [-0.2, -0.15) is 0 Å². The maximum Gasteiger partial charge on any atom is 0.251 e. The number of rotatable bonds is 4. The number of nitrogens with zero attached hydrogens (tertiary/aromatic N) is 1. The molecule has 16 heavy (non-hydrogen) atoms. The van der Waals surface area contributed by atoms with Crippen molar-refractivity contribution in [3.05, 3.63) is 29.3 Å². The third kappa shape index (κ3) is 2.37. The van der Waals surface area contributed by atoms with Gasteiger partial charge in [0.25, 0.3) is 5.91 Å². The van der Waals surface area contributed by atoms with Gasteiger partial charge >= 0.3 is 0 Å². The summed E-state index contributed by atoms with van der Waals surface area (Å²) < 4.78 is 1.04. The fourth-order valence-corrected chi connectivity index (χ4v) is 2.12. The highest BCUT2D eigenvalue weighted by Crippen LogP contribution is 2.18. The zero-order valence-electron chi connectivity index (χ0n) is 8.99. The Balaban J connectivity index is 2.10. The maximum absolute atomic E-state index is 11.7. The first-order valence-electron chi connectivity index (χ1n) is 5.07. The molecule has 0 atom stereocenters. The van der Waals surface area contributed by atoms with Crippen molar-refractivity contribution in [2.45, 2.75) is 0 Å². The molecule has 1 aromatic carbocycles. The standard InChI is InChI=1S/C11H13N3OS/c1-12-4-5-13-11(15)8-2-3-9-10(6-8)16-7-14-9/h2-3,6-7,12H,4-5H2,1H3,(H,13,15). The number of hydrogen-bond donors (Lipinski definition) is 2. The Morgan fingerprint density at radius 2 is 2.31 bits per heavy atom. The van der Waals surface area contributed by atoms with Crippen molar-refractivity contribution in [1.82, 2.24) is 15.6 Å². The molecule has 0 fully saturated rings. The van der Waals surface area contributed by atoms with Gasteiger partial charge in [0, 0.05) is 18.7 Å². The lowest BCUT2D eigenvalue weighted by Crippen LogP contribution is -2.30. The summed E-state index contributed by atoms with van der Waals surface area (Å²) in [5, 5.41) is 5.82. The van der Waals surface area contributed by atoms with E-state index in [0.29, 0.717) is 12.1 Å². The number of benzene rings is 1. The van der Waals surface area contributed by atoms with Gasteiger partial charge in [-0.1, -0.05) is 0 Å². The molecule has 0 aliphatic heterocycles. The normalized spacial score (nSPS) is 10.6. The lowest BCUT2D eigenvalue weighted by Gasteiger charge is -2.04. The van der Waals surface area contributed by atoms with E-state index in [1.807, 2.05) is 19.2 Å². The van der Waals surface area contributed by atoms with Gasteiger partial charge in [-0.15, -0.1) is 11.3 Å². The minimum absolute atomic E-state index is 0.0365. The fraction of sp³-hybridized carbons (Fsp3) is 0.273. The van der Waals surface area contributed by atoms with Crippen LogP contribution in [0.25, 0.3) is 10.2 Å². The number of carbonyl (C=O) groups is 1. The molecule has 1 heterocycles. The van der Waals surface area contributed by atoms with Gasteiger partial charge in [-0.25, -0.2) is 4.98 Å². The number of nitrogens with one attached hydrogen (secondary N) is 2. The molecule has 1 aromatic heterocycles. The van der Waals surface area contributed by atoms with Crippen LogP contribution in [-0.4, -0.2) is 31.0 Å². The van der Waals surface area contributed by atoms with E-state index >= 15 is 0 Å². The topological polar surface area (TPSA) is 54.0 Å². The number of likely N-dealkylation sites (N-methyl/N-ethyl adjacent to an activating group) is 1. The van der Waals surface area contributed by atoms with Crippen molar-refractivity contribution < 1.29 is 4.79 Å². The van der Waals surface area contributed by atoms with Crippen LogP contribution in [0, 0.1) is 0 Å². The predicted molar refractivity (Wildman–Crippen MR) is 65.9 cm³/mol. The summed E-state index contributed by atoms with van der Waals surface area (Å²) in [5.41, 5.74) is 3.41. The Morgan fingerprint density at radius 1 is 1.44 bits per heavy atom. The first kappa shape index (κ1) is 11.0. The average molecular weight is 235 g/mol. The van der Waals surface area contributed by atoms with Crippen molar-refractivity contribution in [3.8, 4) is 0 Å². The molecule has 0 saturated carbocycles. The lowest BCUT2D eigenvalue weighted by molar-refractivity contribution is 0.0954. The van der Waals surface area contributed by atoms with Crippen LogP contribution in [0.3, 0.4) is 0 Å². The molecule has 0 unspecified atom stereocenters. The van der Waals surface area contributed by atoms with E-state index in [1.165, 1.54) is 0 Å². The number of amides is 1. The van der Waals surface area contributed by atoms with Gasteiger partial charge in [0.1, 0.15) is 0 Å². The Bertz CT molecular complexity index is 495. The second-order valence-corrected chi connectivity index (χ2v) is 4.28. The third-order valence-corrected chi connectivity index (χ3v) is 3.05.